The van der Waals surface area contributed by atoms with Crippen LogP contribution in [-0.2, 0) is 26.8 Å². The second-order valence-corrected chi connectivity index (χ2v) is 8.36. The first kappa shape index (κ1) is 19.3. The van der Waals surface area contributed by atoms with E-state index in [4.69, 9.17) is 9.05 Å². The number of benzene rings is 3. The first-order chi connectivity index (χ1) is 14.1. The molecule has 29 heavy (non-hydrogen) atoms. The van der Waals surface area contributed by atoms with Crippen LogP contribution in [0.5, 0.6) is 0 Å². The van der Waals surface area contributed by atoms with Gasteiger partial charge in [0.05, 0.1) is 24.2 Å². The predicted molar refractivity (Wildman–Crippen MR) is 112 cm³/mol. The summed E-state index contributed by atoms with van der Waals surface area (Å²) in [6, 6.07) is 25.6. The third kappa shape index (κ3) is 4.51. The third-order valence-corrected chi connectivity index (χ3v) is 6.09. The summed E-state index contributed by atoms with van der Waals surface area (Å²) in [5.74, 6) is 0. The average Bonchev–Trinajstić information content (AvgIpc) is 2.77. The lowest BCUT2D eigenvalue weighted by atomic mass is 10.2. The molecule has 0 fully saturated rings. The number of fused-ring (bicyclic) bond motifs is 1. The SMILES string of the molecule is O=c1[nH]c2ccccc2nc1P(=O)(OCc1ccccc1)OCc1ccccc1. The topological polar surface area (TPSA) is 81.3 Å². The molecule has 1 aromatic heterocycles. The quantitative estimate of drug-likeness (QED) is 0.466. The fourth-order valence-corrected chi connectivity index (χ4v) is 4.32. The molecule has 0 saturated carbocycles. The minimum absolute atomic E-state index is 0.0286. The van der Waals surface area contributed by atoms with Crippen molar-refractivity contribution in [3.05, 3.63) is 106 Å². The van der Waals surface area contributed by atoms with E-state index in [0.29, 0.717) is 11.0 Å². The molecule has 0 saturated heterocycles. The van der Waals surface area contributed by atoms with Crippen molar-refractivity contribution in [2.45, 2.75) is 13.2 Å². The van der Waals surface area contributed by atoms with Crippen LogP contribution in [0.15, 0.2) is 89.7 Å². The van der Waals surface area contributed by atoms with Crippen LogP contribution in [0.4, 0.5) is 0 Å². The van der Waals surface area contributed by atoms with Crippen LogP contribution in [0, 0.1) is 0 Å². The third-order valence-electron chi connectivity index (χ3n) is 4.33. The van der Waals surface area contributed by atoms with Gasteiger partial charge in [-0.3, -0.25) is 18.4 Å². The first-order valence-electron chi connectivity index (χ1n) is 9.11. The molecule has 146 valence electrons. The summed E-state index contributed by atoms with van der Waals surface area (Å²) in [6.45, 7) is 0.0573. The summed E-state index contributed by atoms with van der Waals surface area (Å²) >= 11 is 0. The molecular formula is C22H19N2O4P. The molecule has 0 aliphatic carbocycles. The van der Waals surface area contributed by atoms with Crippen molar-refractivity contribution in [1.82, 2.24) is 9.97 Å². The number of aromatic nitrogens is 2. The Kier molecular flexibility index (Phi) is 5.67. The molecule has 6 nitrogen and oxygen atoms in total. The lowest BCUT2D eigenvalue weighted by molar-refractivity contribution is 0.199. The number of hydrogen-bond acceptors (Lipinski definition) is 5. The van der Waals surface area contributed by atoms with Crippen LogP contribution in [0.1, 0.15) is 11.1 Å². The summed E-state index contributed by atoms with van der Waals surface area (Å²) in [7, 11) is -4.00. The van der Waals surface area contributed by atoms with Crippen LogP contribution in [0.3, 0.4) is 0 Å². The van der Waals surface area contributed by atoms with Gasteiger partial charge in [0.25, 0.3) is 5.56 Å². The largest absolute Gasteiger partial charge is 0.385 e. The van der Waals surface area contributed by atoms with E-state index < -0.39 is 13.2 Å². The molecule has 0 unspecified atom stereocenters. The molecule has 0 bridgehead atoms. The smallest absolute Gasteiger partial charge is 0.318 e. The van der Waals surface area contributed by atoms with E-state index in [2.05, 4.69) is 9.97 Å². The predicted octanol–water partition coefficient (Wildman–Crippen LogP) is 4.18. The molecule has 7 heteroatoms. The monoisotopic (exact) mass is 406 g/mol. The normalized spacial score (nSPS) is 11.6. The van der Waals surface area contributed by atoms with E-state index in [-0.39, 0.29) is 18.6 Å². The summed E-state index contributed by atoms with van der Waals surface area (Å²) in [5, 5.41) is 0. The van der Waals surface area contributed by atoms with Crippen molar-refractivity contribution in [1.29, 1.82) is 0 Å². The number of para-hydroxylation sites is 2. The van der Waals surface area contributed by atoms with Crippen molar-refractivity contribution in [3.63, 3.8) is 0 Å². The summed E-state index contributed by atoms with van der Waals surface area (Å²) in [5.41, 5.74) is 1.85. The number of aromatic amines is 1. The van der Waals surface area contributed by atoms with Crippen LogP contribution in [0.2, 0.25) is 0 Å². The number of rotatable bonds is 7. The fourth-order valence-electron chi connectivity index (χ4n) is 2.83. The van der Waals surface area contributed by atoms with Crippen molar-refractivity contribution < 1.29 is 13.6 Å². The van der Waals surface area contributed by atoms with Gasteiger partial charge in [-0.05, 0) is 23.3 Å². The Morgan fingerprint density at radius 2 is 1.28 bits per heavy atom. The van der Waals surface area contributed by atoms with Crippen molar-refractivity contribution in [2.24, 2.45) is 0 Å². The van der Waals surface area contributed by atoms with Gasteiger partial charge < -0.3 is 4.98 Å². The van der Waals surface area contributed by atoms with Crippen molar-refractivity contribution in [2.75, 3.05) is 0 Å². The molecule has 4 rings (SSSR count). The van der Waals surface area contributed by atoms with Crippen LogP contribution in [-0.4, -0.2) is 9.97 Å². The Hall–Kier alpha value is -3.05. The lowest BCUT2D eigenvalue weighted by Gasteiger charge is -2.18. The highest BCUT2D eigenvalue weighted by Gasteiger charge is 2.33. The summed E-state index contributed by atoms with van der Waals surface area (Å²) in [6.07, 6.45) is 0. The Labute approximate surface area is 167 Å². The maximum absolute atomic E-state index is 13.7. The minimum atomic E-state index is -4.00. The Morgan fingerprint density at radius 1 is 0.759 bits per heavy atom. The zero-order chi connectivity index (χ0) is 20.1. The van der Waals surface area contributed by atoms with Gasteiger partial charge in [-0.25, -0.2) is 4.98 Å². The molecule has 4 aromatic rings. The second-order valence-electron chi connectivity index (χ2n) is 6.42. The van der Waals surface area contributed by atoms with E-state index in [1.165, 1.54) is 0 Å². The Bertz CT molecular complexity index is 1160. The van der Waals surface area contributed by atoms with E-state index >= 15 is 0 Å². The molecule has 0 aliphatic rings. The van der Waals surface area contributed by atoms with Crippen LogP contribution < -0.4 is 11.0 Å². The van der Waals surface area contributed by atoms with Gasteiger partial charge in [-0.2, -0.15) is 0 Å². The standard InChI is InChI=1S/C22H19N2O4P/c25-21-22(24-20-14-8-7-13-19(20)23-21)29(26,27-15-17-9-3-1-4-10-17)28-16-18-11-5-2-6-12-18/h1-14H,15-16H2,(H,23,25). The number of H-pyrrole nitrogens is 1. The van der Waals surface area contributed by atoms with Crippen molar-refractivity contribution >= 4 is 24.1 Å². The van der Waals surface area contributed by atoms with E-state index in [9.17, 15) is 9.36 Å². The number of hydrogen-bond donors (Lipinski definition) is 1. The highest BCUT2D eigenvalue weighted by molar-refractivity contribution is 7.61. The molecule has 0 aliphatic heterocycles. The van der Waals surface area contributed by atoms with E-state index in [0.717, 1.165) is 11.1 Å². The molecule has 3 aromatic carbocycles. The highest BCUT2D eigenvalue weighted by atomic mass is 31.2. The molecule has 1 heterocycles. The molecule has 1 N–H and O–H groups in total. The van der Waals surface area contributed by atoms with E-state index in [1.54, 1.807) is 24.3 Å². The highest BCUT2D eigenvalue weighted by Crippen LogP contribution is 2.47. The first-order valence-corrected chi connectivity index (χ1v) is 10.6. The maximum Gasteiger partial charge on any atom is 0.385 e. The van der Waals surface area contributed by atoms with Crippen molar-refractivity contribution in [3.8, 4) is 0 Å². The van der Waals surface area contributed by atoms with Crippen LogP contribution >= 0.6 is 7.60 Å². The maximum atomic E-state index is 13.7. The number of nitrogens with zero attached hydrogens (tertiary/aromatic N) is 1. The molecule has 0 spiro atoms. The van der Waals surface area contributed by atoms with Gasteiger partial charge in [0.15, 0.2) is 0 Å². The Balaban J connectivity index is 1.69. The minimum Gasteiger partial charge on any atom is -0.318 e. The summed E-state index contributed by atoms with van der Waals surface area (Å²) < 4.78 is 25.1. The van der Waals surface area contributed by atoms with Gasteiger partial charge in [-0.15, -0.1) is 0 Å². The van der Waals surface area contributed by atoms with E-state index in [1.807, 2.05) is 60.7 Å². The van der Waals surface area contributed by atoms with Gasteiger partial charge in [-0.1, -0.05) is 72.8 Å². The number of nitrogens with one attached hydrogen (secondary N) is 1. The average molecular weight is 406 g/mol. The zero-order valence-corrected chi connectivity index (χ0v) is 16.4. The van der Waals surface area contributed by atoms with Gasteiger partial charge in [0.2, 0.25) is 5.44 Å². The molecule has 0 amide bonds. The second kappa shape index (κ2) is 8.53. The Morgan fingerprint density at radius 3 is 1.86 bits per heavy atom. The molecular weight excluding hydrogens is 387 g/mol. The van der Waals surface area contributed by atoms with Crippen LogP contribution in [0.25, 0.3) is 11.0 Å². The molecule has 0 atom stereocenters. The fraction of sp³-hybridized carbons (Fsp3) is 0.0909. The van der Waals surface area contributed by atoms with Gasteiger partial charge >= 0.3 is 7.60 Å². The zero-order valence-electron chi connectivity index (χ0n) is 15.5. The molecule has 0 radical (unpaired) electrons. The van der Waals surface area contributed by atoms with Gasteiger partial charge in [0.1, 0.15) is 0 Å². The lowest BCUT2D eigenvalue weighted by Crippen LogP contribution is -2.32. The summed E-state index contributed by atoms with van der Waals surface area (Å²) in [4.78, 5) is 19.7. The van der Waals surface area contributed by atoms with Gasteiger partial charge in [0, 0.05) is 0 Å².